The van der Waals surface area contributed by atoms with Gasteiger partial charge in [-0.15, -0.1) is 11.3 Å². The zero-order chi connectivity index (χ0) is 21.3. The molecule has 0 saturated carbocycles. The van der Waals surface area contributed by atoms with E-state index in [2.05, 4.69) is 11.6 Å². The predicted molar refractivity (Wildman–Crippen MR) is 121 cm³/mol. The number of thiophene rings is 1. The van der Waals surface area contributed by atoms with Gasteiger partial charge in [0.1, 0.15) is 12.6 Å². The lowest BCUT2D eigenvalue weighted by molar-refractivity contribution is -0.138. The fourth-order valence-corrected chi connectivity index (χ4v) is 5.30. The van der Waals surface area contributed by atoms with E-state index in [1.54, 1.807) is 23.6 Å². The molecule has 1 unspecified atom stereocenters. The van der Waals surface area contributed by atoms with Crippen LogP contribution in [0.1, 0.15) is 23.4 Å². The van der Waals surface area contributed by atoms with Crippen molar-refractivity contribution < 1.29 is 9.53 Å². The maximum absolute atomic E-state index is 13.4. The standard InChI is InChI=1S/C22H17ClN2O3S2/c1-3-10-28-21(27)18-13(2)24-22-25(19(18)16-9-6-11-29-16)20(26)17(30-22)12-14-7-4-5-8-15(14)23/h3-9,11-12,19H,1,10H2,2H3. The number of fused-ring (bicyclic) bond motifs is 1. The van der Waals surface area contributed by atoms with Gasteiger partial charge in [0.05, 0.1) is 15.8 Å². The molecular formula is C22H17ClN2O3S2. The largest absolute Gasteiger partial charge is 0.458 e. The molecule has 0 radical (unpaired) electrons. The van der Waals surface area contributed by atoms with Crippen molar-refractivity contribution in [1.29, 1.82) is 0 Å². The number of hydrogen-bond acceptors (Lipinski definition) is 6. The van der Waals surface area contributed by atoms with Crippen LogP contribution in [0.25, 0.3) is 6.08 Å². The Morgan fingerprint density at radius 3 is 2.83 bits per heavy atom. The van der Waals surface area contributed by atoms with E-state index in [0.717, 1.165) is 10.4 Å². The van der Waals surface area contributed by atoms with Crippen molar-refractivity contribution >= 4 is 46.3 Å². The molecule has 8 heteroatoms. The highest BCUT2D eigenvalue weighted by molar-refractivity contribution is 7.10. The fraction of sp³-hybridized carbons (Fsp3) is 0.136. The van der Waals surface area contributed by atoms with Gasteiger partial charge in [-0.25, -0.2) is 9.79 Å². The lowest BCUT2D eigenvalue weighted by atomic mass is 10.0. The van der Waals surface area contributed by atoms with Crippen LogP contribution in [0.3, 0.4) is 0 Å². The molecule has 1 aliphatic heterocycles. The van der Waals surface area contributed by atoms with Gasteiger partial charge in [0.2, 0.25) is 0 Å². The molecule has 0 fully saturated rings. The van der Waals surface area contributed by atoms with E-state index >= 15 is 0 Å². The SMILES string of the molecule is C=CCOC(=O)C1=C(C)N=c2sc(=Cc3ccccc3Cl)c(=O)n2C1c1cccs1. The summed E-state index contributed by atoms with van der Waals surface area (Å²) in [7, 11) is 0. The summed E-state index contributed by atoms with van der Waals surface area (Å²) in [5, 5.41) is 2.47. The van der Waals surface area contributed by atoms with E-state index in [0.29, 0.717) is 25.6 Å². The first-order valence-electron chi connectivity index (χ1n) is 9.09. The van der Waals surface area contributed by atoms with Crippen molar-refractivity contribution in [3.8, 4) is 0 Å². The number of carbonyl (C=O) groups is 1. The number of benzene rings is 1. The maximum atomic E-state index is 13.4. The molecule has 152 valence electrons. The van der Waals surface area contributed by atoms with Crippen molar-refractivity contribution in [1.82, 2.24) is 4.57 Å². The number of aromatic nitrogens is 1. The summed E-state index contributed by atoms with van der Waals surface area (Å²) in [6.45, 7) is 5.43. The number of thiazole rings is 1. The van der Waals surface area contributed by atoms with Crippen LogP contribution in [0.2, 0.25) is 5.02 Å². The van der Waals surface area contributed by atoms with E-state index in [1.165, 1.54) is 28.7 Å². The third-order valence-corrected chi connectivity index (χ3v) is 6.83. The predicted octanol–water partition coefficient (Wildman–Crippen LogP) is 3.68. The number of allylic oxidation sites excluding steroid dienone is 1. The molecule has 0 spiro atoms. The van der Waals surface area contributed by atoms with Crippen LogP contribution in [0, 0.1) is 0 Å². The molecule has 0 bridgehead atoms. The smallest absolute Gasteiger partial charge is 0.338 e. The first kappa shape index (κ1) is 20.5. The summed E-state index contributed by atoms with van der Waals surface area (Å²) in [5.41, 5.74) is 1.42. The highest BCUT2D eigenvalue weighted by atomic mass is 35.5. The molecular weight excluding hydrogens is 440 g/mol. The third kappa shape index (κ3) is 3.71. The summed E-state index contributed by atoms with van der Waals surface area (Å²) in [6.07, 6.45) is 3.26. The number of halogens is 1. The number of ether oxygens (including phenoxy) is 1. The Kier molecular flexibility index (Phi) is 5.85. The number of nitrogens with zero attached hydrogens (tertiary/aromatic N) is 2. The normalized spacial score (nSPS) is 16.2. The Balaban J connectivity index is 1.93. The average molecular weight is 457 g/mol. The molecule has 0 amide bonds. The average Bonchev–Trinajstić information content (AvgIpc) is 3.36. The first-order valence-corrected chi connectivity index (χ1v) is 11.2. The van der Waals surface area contributed by atoms with Crippen LogP contribution >= 0.6 is 34.3 Å². The van der Waals surface area contributed by atoms with Gasteiger partial charge in [0, 0.05) is 9.90 Å². The Bertz CT molecular complexity index is 1330. The Morgan fingerprint density at radius 2 is 2.13 bits per heavy atom. The highest BCUT2D eigenvalue weighted by Crippen LogP contribution is 2.33. The molecule has 3 heterocycles. The van der Waals surface area contributed by atoms with E-state index < -0.39 is 12.0 Å². The molecule has 2 aromatic heterocycles. The van der Waals surface area contributed by atoms with Crippen molar-refractivity contribution in [2.75, 3.05) is 6.61 Å². The minimum absolute atomic E-state index is 0.0870. The molecule has 5 nitrogen and oxygen atoms in total. The van der Waals surface area contributed by atoms with E-state index in [9.17, 15) is 9.59 Å². The Labute approximate surface area is 185 Å². The summed E-state index contributed by atoms with van der Waals surface area (Å²) in [4.78, 5) is 32.1. The van der Waals surface area contributed by atoms with Gasteiger partial charge in [-0.3, -0.25) is 9.36 Å². The van der Waals surface area contributed by atoms with Gasteiger partial charge in [-0.05, 0) is 36.1 Å². The third-order valence-electron chi connectivity index (χ3n) is 4.58. The Hall–Kier alpha value is -2.74. The number of rotatable bonds is 5. The topological polar surface area (TPSA) is 60.7 Å². The zero-order valence-corrected chi connectivity index (χ0v) is 18.4. The van der Waals surface area contributed by atoms with Gasteiger partial charge in [-0.1, -0.05) is 59.9 Å². The monoisotopic (exact) mass is 456 g/mol. The van der Waals surface area contributed by atoms with Gasteiger partial charge in [-0.2, -0.15) is 0 Å². The molecule has 0 saturated heterocycles. The van der Waals surface area contributed by atoms with Gasteiger partial charge in [0.15, 0.2) is 4.80 Å². The molecule has 1 aromatic carbocycles. The van der Waals surface area contributed by atoms with Crippen LogP contribution < -0.4 is 14.9 Å². The van der Waals surface area contributed by atoms with Crippen molar-refractivity contribution in [2.24, 2.45) is 4.99 Å². The second kappa shape index (κ2) is 8.55. The fourth-order valence-electron chi connectivity index (χ4n) is 3.24. The highest BCUT2D eigenvalue weighted by Gasteiger charge is 2.33. The van der Waals surface area contributed by atoms with Crippen LogP contribution in [0.5, 0.6) is 0 Å². The zero-order valence-electron chi connectivity index (χ0n) is 16.0. The minimum Gasteiger partial charge on any atom is -0.458 e. The first-order chi connectivity index (χ1) is 14.5. The maximum Gasteiger partial charge on any atom is 0.338 e. The lowest BCUT2D eigenvalue weighted by Gasteiger charge is -2.23. The molecule has 0 aliphatic carbocycles. The molecule has 3 aromatic rings. The summed E-state index contributed by atoms with van der Waals surface area (Å²) in [6, 6.07) is 10.5. The van der Waals surface area contributed by atoms with E-state index in [1.807, 2.05) is 35.7 Å². The Morgan fingerprint density at radius 1 is 1.33 bits per heavy atom. The molecule has 4 rings (SSSR count). The van der Waals surface area contributed by atoms with Crippen LogP contribution in [0.4, 0.5) is 0 Å². The summed E-state index contributed by atoms with van der Waals surface area (Å²) in [5.74, 6) is -0.505. The molecule has 30 heavy (non-hydrogen) atoms. The van der Waals surface area contributed by atoms with Crippen molar-refractivity contribution in [2.45, 2.75) is 13.0 Å². The van der Waals surface area contributed by atoms with Gasteiger partial charge in [0.25, 0.3) is 5.56 Å². The summed E-state index contributed by atoms with van der Waals surface area (Å²) >= 11 is 9.01. The molecule has 1 atom stereocenters. The quantitative estimate of drug-likeness (QED) is 0.434. The van der Waals surface area contributed by atoms with Crippen LogP contribution in [-0.2, 0) is 9.53 Å². The van der Waals surface area contributed by atoms with E-state index in [4.69, 9.17) is 16.3 Å². The van der Waals surface area contributed by atoms with Crippen molar-refractivity contribution in [3.05, 3.63) is 101 Å². The second-order valence-corrected chi connectivity index (χ2v) is 8.90. The van der Waals surface area contributed by atoms with Crippen LogP contribution in [0.15, 0.2) is 75.5 Å². The number of hydrogen-bond donors (Lipinski definition) is 0. The minimum atomic E-state index is -0.591. The number of carbonyl (C=O) groups excluding carboxylic acids is 1. The summed E-state index contributed by atoms with van der Waals surface area (Å²) < 4.78 is 7.36. The lowest BCUT2D eigenvalue weighted by Crippen LogP contribution is -2.39. The van der Waals surface area contributed by atoms with Gasteiger partial charge >= 0.3 is 5.97 Å². The van der Waals surface area contributed by atoms with Crippen molar-refractivity contribution in [3.63, 3.8) is 0 Å². The van der Waals surface area contributed by atoms with E-state index in [-0.39, 0.29) is 12.2 Å². The number of esters is 1. The molecule has 0 N–H and O–H groups in total. The van der Waals surface area contributed by atoms with Crippen LogP contribution in [-0.4, -0.2) is 17.1 Å². The molecule has 1 aliphatic rings. The second-order valence-electron chi connectivity index (χ2n) is 6.51. The van der Waals surface area contributed by atoms with Gasteiger partial charge < -0.3 is 4.74 Å².